The number of carbonyl (C=O) groups excluding carboxylic acids is 2. The summed E-state index contributed by atoms with van der Waals surface area (Å²) in [5.74, 6) is -0.0194. The topological polar surface area (TPSA) is 101 Å². The third-order valence-electron chi connectivity index (χ3n) is 8.49. The van der Waals surface area contributed by atoms with E-state index in [1.54, 1.807) is 4.90 Å². The van der Waals surface area contributed by atoms with E-state index in [1.807, 2.05) is 73.8 Å². The van der Waals surface area contributed by atoms with Crippen LogP contribution in [0.2, 0.25) is 0 Å². The standard InChI is InChI=1S/C33H43N5O4/c1-24-22-27(39)14-19-38(24)23-26-12-13-31(34-26)32(40)36(2)20-21-37-17-15-28(16-18-37)42-33(41)35-30-11-7-6-10-29(30)25-8-4-3-5-9-25/h3-13,24,27-28,34,39H,14-23H2,1-2H3,(H,35,41). The second-order valence-electron chi connectivity index (χ2n) is 11.6. The van der Waals surface area contributed by atoms with E-state index in [-0.39, 0.29) is 18.1 Å². The van der Waals surface area contributed by atoms with E-state index in [0.29, 0.717) is 18.3 Å². The monoisotopic (exact) mass is 573 g/mol. The molecule has 0 spiro atoms. The van der Waals surface area contributed by atoms with Gasteiger partial charge in [-0.2, -0.15) is 0 Å². The number of aromatic amines is 1. The van der Waals surface area contributed by atoms with Gasteiger partial charge in [-0.3, -0.25) is 15.0 Å². The number of likely N-dealkylation sites (tertiary alicyclic amines) is 2. The van der Waals surface area contributed by atoms with Crippen LogP contribution in [0.15, 0.2) is 66.7 Å². The van der Waals surface area contributed by atoms with E-state index >= 15 is 0 Å². The summed E-state index contributed by atoms with van der Waals surface area (Å²) in [5.41, 5.74) is 4.34. The van der Waals surface area contributed by atoms with Crippen molar-refractivity contribution in [3.05, 3.63) is 78.1 Å². The average molecular weight is 574 g/mol. The molecule has 9 heteroatoms. The number of hydrogen-bond acceptors (Lipinski definition) is 6. The number of H-pyrrole nitrogens is 1. The van der Waals surface area contributed by atoms with Crippen LogP contribution in [0.4, 0.5) is 10.5 Å². The fourth-order valence-corrected chi connectivity index (χ4v) is 5.91. The van der Waals surface area contributed by atoms with Crippen LogP contribution >= 0.6 is 0 Å². The minimum atomic E-state index is -0.431. The van der Waals surface area contributed by atoms with Gasteiger partial charge in [0.15, 0.2) is 0 Å². The first-order valence-electron chi connectivity index (χ1n) is 15.1. The molecular weight excluding hydrogens is 530 g/mol. The molecule has 2 aromatic carbocycles. The summed E-state index contributed by atoms with van der Waals surface area (Å²) in [5, 5.41) is 12.8. The quantitative estimate of drug-likeness (QED) is 0.340. The molecular formula is C33H43N5O4. The lowest BCUT2D eigenvalue weighted by Crippen LogP contribution is -2.42. The Kier molecular flexibility index (Phi) is 9.94. The molecule has 2 fully saturated rings. The molecule has 3 N–H and O–H groups in total. The van der Waals surface area contributed by atoms with E-state index in [0.717, 1.165) is 80.9 Å². The molecule has 1 aromatic heterocycles. The number of ether oxygens (including phenoxy) is 1. The van der Waals surface area contributed by atoms with Gasteiger partial charge in [0.25, 0.3) is 5.91 Å². The van der Waals surface area contributed by atoms with Gasteiger partial charge in [0.2, 0.25) is 0 Å². The van der Waals surface area contributed by atoms with Crippen LogP contribution in [0, 0.1) is 0 Å². The molecule has 0 aliphatic carbocycles. The van der Waals surface area contributed by atoms with Gasteiger partial charge in [0.1, 0.15) is 11.8 Å². The number of anilines is 1. The van der Waals surface area contributed by atoms with Crippen LogP contribution in [-0.4, -0.2) is 94.8 Å². The van der Waals surface area contributed by atoms with E-state index < -0.39 is 6.09 Å². The second-order valence-corrected chi connectivity index (χ2v) is 11.6. The summed E-state index contributed by atoms with van der Waals surface area (Å²) in [7, 11) is 1.84. The molecule has 3 aromatic rings. The van der Waals surface area contributed by atoms with Crippen LogP contribution in [-0.2, 0) is 11.3 Å². The number of nitrogens with zero attached hydrogens (tertiary/aromatic N) is 3. The van der Waals surface area contributed by atoms with Crippen molar-refractivity contribution in [3.63, 3.8) is 0 Å². The number of carbonyl (C=O) groups is 2. The Morgan fingerprint density at radius 1 is 1.00 bits per heavy atom. The zero-order chi connectivity index (χ0) is 29.5. The molecule has 2 aliphatic rings. The number of nitrogens with one attached hydrogen (secondary N) is 2. The summed E-state index contributed by atoms with van der Waals surface area (Å²) in [6.07, 6.45) is 2.33. The van der Waals surface area contributed by atoms with Crippen LogP contribution in [0.3, 0.4) is 0 Å². The van der Waals surface area contributed by atoms with E-state index in [1.165, 1.54) is 0 Å². The Labute approximate surface area is 248 Å². The number of para-hydroxylation sites is 1. The normalized spacial score (nSPS) is 20.3. The first kappa shape index (κ1) is 29.8. The summed E-state index contributed by atoms with van der Waals surface area (Å²) in [4.78, 5) is 35.5. The van der Waals surface area contributed by atoms with Gasteiger partial charge in [-0.05, 0) is 56.4 Å². The van der Waals surface area contributed by atoms with Crippen LogP contribution in [0.25, 0.3) is 11.1 Å². The van der Waals surface area contributed by atoms with Crippen LogP contribution in [0.5, 0.6) is 0 Å². The highest BCUT2D eigenvalue weighted by atomic mass is 16.6. The summed E-state index contributed by atoms with van der Waals surface area (Å²) >= 11 is 0. The van der Waals surface area contributed by atoms with Gasteiger partial charge in [0.05, 0.1) is 11.8 Å². The van der Waals surface area contributed by atoms with Crippen molar-refractivity contribution in [1.29, 1.82) is 0 Å². The number of amides is 2. The summed E-state index contributed by atoms with van der Waals surface area (Å²) in [6, 6.07) is 21.9. The van der Waals surface area contributed by atoms with Crippen molar-refractivity contribution in [3.8, 4) is 11.1 Å². The van der Waals surface area contributed by atoms with Crippen LogP contribution < -0.4 is 5.32 Å². The first-order chi connectivity index (χ1) is 20.4. The molecule has 2 unspecified atom stereocenters. The van der Waals surface area contributed by atoms with Crippen molar-refractivity contribution in [2.45, 2.75) is 57.4 Å². The maximum absolute atomic E-state index is 13.0. The molecule has 2 aliphatic heterocycles. The maximum atomic E-state index is 13.0. The van der Waals surface area contributed by atoms with Crippen LogP contribution in [0.1, 0.15) is 48.8 Å². The molecule has 0 radical (unpaired) electrons. The molecule has 9 nitrogen and oxygen atoms in total. The Balaban J connectivity index is 1.03. The number of piperidine rings is 2. The molecule has 5 rings (SSSR count). The lowest BCUT2D eigenvalue weighted by molar-refractivity contribution is 0.0435. The fraction of sp³-hybridized carbons (Fsp3) is 0.455. The van der Waals surface area contributed by atoms with Gasteiger partial charge in [-0.1, -0.05) is 48.5 Å². The zero-order valence-electron chi connectivity index (χ0n) is 24.7. The van der Waals surface area contributed by atoms with Gasteiger partial charge in [-0.25, -0.2) is 4.79 Å². The molecule has 0 bridgehead atoms. The number of likely N-dealkylation sites (N-methyl/N-ethyl adjacent to an activating group) is 1. The molecule has 0 saturated carbocycles. The molecule has 224 valence electrons. The van der Waals surface area contributed by atoms with E-state index in [2.05, 4.69) is 27.0 Å². The fourth-order valence-electron chi connectivity index (χ4n) is 5.91. The third kappa shape index (κ3) is 7.79. The first-order valence-corrected chi connectivity index (χ1v) is 15.1. The Hall–Kier alpha value is -3.66. The van der Waals surface area contributed by atoms with E-state index in [9.17, 15) is 14.7 Å². The van der Waals surface area contributed by atoms with Crippen molar-refractivity contribution in [2.24, 2.45) is 0 Å². The minimum absolute atomic E-state index is 0.0194. The lowest BCUT2D eigenvalue weighted by Gasteiger charge is -2.35. The number of aromatic nitrogens is 1. The predicted molar refractivity (Wildman–Crippen MR) is 164 cm³/mol. The molecule has 2 amide bonds. The number of hydrogen-bond donors (Lipinski definition) is 3. The number of benzene rings is 2. The lowest BCUT2D eigenvalue weighted by atomic mass is 10.0. The van der Waals surface area contributed by atoms with E-state index in [4.69, 9.17) is 4.74 Å². The predicted octanol–water partition coefficient (Wildman–Crippen LogP) is 4.81. The smallest absolute Gasteiger partial charge is 0.411 e. The molecule has 2 atom stereocenters. The molecule has 42 heavy (non-hydrogen) atoms. The minimum Gasteiger partial charge on any atom is -0.446 e. The highest BCUT2D eigenvalue weighted by Crippen LogP contribution is 2.28. The maximum Gasteiger partial charge on any atom is 0.411 e. The Morgan fingerprint density at radius 3 is 2.50 bits per heavy atom. The summed E-state index contributed by atoms with van der Waals surface area (Å²) in [6.45, 7) is 6.77. The largest absolute Gasteiger partial charge is 0.446 e. The van der Waals surface area contributed by atoms with Gasteiger partial charge in [0, 0.05) is 63.6 Å². The van der Waals surface area contributed by atoms with Crippen molar-refractivity contribution in [1.82, 2.24) is 19.7 Å². The summed E-state index contributed by atoms with van der Waals surface area (Å²) < 4.78 is 5.76. The van der Waals surface area contributed by atoms with Gasteiger partial charge in [-0.15, -0.1) is 0 Å². The number of aliphatic hydroxyl groups excluding tert-OH is 1. The Bertz CT molecular complexity index is 1320. The van der Waals surface area contributed by atoms with Crippen molar-refractivity contribution < 1.29 is 19.4 Å². The second kappa shape index (κ2) is 14.0. The highest BCUT2D eigenvalue weighted by molar-refractivity contribution is 5.92. The SMILES string of the molecule is CC1CC(O)CCN1Cc1ccc(C(=O)N(C)CCN2CCC(OC(=O)Nc3ccccc3-c3ccccc3)CC2)[nH]1. The Morgan fingerprint density at radius 2 is 1.74 bits per heavy atom. The number of rotatable bonds is 9. The zero-order valence-corrected chi connectivity index (χ0v) is 24.7. The molecule has 3 heterocycles. The highest BCUT2D eigenvalue weighted by Gasteiger charge is 2.26. The van der Waals surface area contributed by atoms with Gasteiger partial charge < -0.3 is 24.6 Å². The van der Waals surface area contributed by atoms with Gasteiger partial charge >= 0.3 is 6.09 Å². The average Bonchev–Trinajstić information content (AvgIpc) is 3.47. The number of aliphatic hydroxyl groups is 1. The molecule has 2 saturated heterocycles. The van der Waals surface area contributed by atoms with Crippen molar-refractivity contribution >= 4 is 17.7 Å². The van der Waals surface area contributed by atoms with Crippen molar-refractivity contribution in [2.75, 3.05) is 45.1 Å². The third-order valence-corrected chi connectivity index (χ3v) is 8.49.